The summed E-state index contributed by atoms with van der Waals surface area (Å²) in [5, 5.41) is 12.5. The van der Waals surface area contributed by atoms with Gasteiger partial charge in [0.2, 0.25) is 0 Å². The molecular weight excluding hydrogens is 240 g/mol. The first-order chi connectivity index (χ1) is 8.31. The van der Waals surface area contributed by atoms with Gasteiger partial charge in [0.15, 0.2) is 12.2 Å². The lowest BCUT2D eigenvalue weighted by atomic mass is 10.1. The summed E-state index contributed by atoms with van der Waals surface area (Å²) in [4.78, 5) is 3.89. The van der Waals surface area contributed by atoms with E-state index >= 15 is 0 Å². The Labute approximate surface area is 104 Å². The Balaban J connectivity index is 2.17. The molecule has 0 radical (unpaired) electrons. The number of rotatable bonds is 5. The Morgan fingerprint density at radius 1 is 1.41 bits per heavy atom. The molecule has 1 unspecified atom stereocenters. The first kappa shape index (κ1) is 12.0. The van der Waals surface area contributed by atoms with Crippen molar-refractivity contribution in [2.24, 2.45) is 0 Å². The maximum atomic E-state index is 9.41. The predicted octanol–water partition coefficient (Wildman–Crippen LogP) is 2.35. The Morgan fingerprint density at radius 3 is 2.94 bits per heavy atom. The Hall–Kier alpha value is -1.52. The zero-order valence-corrected chi connectivity index (χ0v) is 9.89. The van der Waals surface area contributed by atoms with Crippen LogP contribution in [0.5, 0.6) is 0 Å². The summed E-state index contributed by atoms with van der Waals surface area (Å²) in [6.45, 7) is 0.397. The highest BCUT2D eigenvalue weighted by Gasteiger charge is 2.08. The molecule has 1 aromatic carbocycles. The van der Waals surface area contributed by atoms with Crippen LogP contribution in [-0.2, 0) is 0 Å². The molecule has 0 aliphatic rings. The number of nitrogens with one attached hydrogen (secondary N) is 1. The van der Waals surface area contributed by atoms with Crippen molar-refractivity contribution in [1.82, 2.24) is 4.98 Å². The van der Waals surface area contributed by atoms with E-state index in [1.807, 2.05) is 24.3 Å². The third-order valence-corrected chi connectivity index (χ3v) is 2.69. The summed E-state index contributed by atoms with van der Waals surface area (Å²) in [6.07, 6.45) is 2.47. The van der Waals surface area contributed by atoms with Crippen LogP contribution >= 0.6 is 11.6 Å². The molecule has 4 nitrogen and oxygen atoms in total. The van der Waals surface area contributed by atoms with E-state index in [1.165, 1.54) is 6.39 Å². The predicted molar refractivity (Wildman–Crippen MR) is 67.2 cm³/mol. The average molecular weight is 253 g/mol. The van der Waals surface area contributed by atoms with E-state index in [-0.39, 0.29) is 5.88 Å². The van der Waals surface area contributed by atoms with Gasteiger partial charge in [-0.1, -0.05) is 12.1 Å². The van der Waals surface area contributed by atoms with Crippen molar-refractivity contribution in [3.63, 3.8) is 0 Å². The van der Waals surface area contributed by atoms with Crippen molar-refractivity contribution in [3.05, 3.63) is 36.9 Å². The molecule has 0 aliphatic carbocycles. The van der Waals surface area contributed by atoms with Crippen molar-refractivity contribution in [2.45, 2.75) is 6.10 Å². The van der Waals surface area contributed by atoms with Gasteiger partial charge in [-0.2, -0.15) is 0 Å². The van der Waals surface area contributed by atoms with Crippen molar-refractivity contribution >= 4 is 17.3 Å². The van der Waals surface area contributed by atoms with Gasteiger partial charge < -0.3 is 14.8 Å². The maximum absolute atomic E-state index is 9.41. The lowest BCUT2D eigenvalue weighted by molar-refractivity contribution is 0.211. The number of hydrogen-bond donors (Lipinski definition) is 2. The lowest BCUT2D eigenvalue weighted by Gasteiger charge is -2.12. The summed E-state index contributed by atoms with van der Waals surface area (Å²) in [6, 6.07) is 7.67. The summed E-state index contributed by atoms with van der Waals surface area (Å²) in [7, 11) is 0. The normalized spacial score (nSPS) is 12.4. The summed E-state index contributed by atoms with van der Waals surface area (Å²) in [5.74, 6) is 0.894. The number of anilines is 1. The molecule has 5 heteroatoms. The molecule has 2 N–H and O–H groups in total. The van der Waals surface area contributed by atoms with E-state index < -0.39 is 6.10 Å². The minimum absolute atomic E-state index is 0.206. The van der Waals surface area contributed by atoms with Crippen LogP contribution in [-0.4, -0.2) is 28.6 Å². The van der Waals surface area contributed by atoms with Gasteiger partial charge in [0.1, 0.15) is 0 Å². The molecule has 2 rings (SSSR count). The number of aliphatic hydroxyl groups excluding tert-OH is 1. The molecular formula is C12H13ClN2O2. The number of para-hydroxylation sites is 1. The Kier molecular flexibility index (Phi) is 4.01. The Bertz CT molecular complexity index is 459. The minimum atomic E-state index is -0.570. The van der Waals surface area contributed by atoms with Crippen molar-refractivity contribution in [3.8, 4) is 11.3 Å². The smallest absolute Gasteiger partial charge is 0.181 e. The average Bonchev–Trinajstić information content (AvgIpc) is 2.90. The first-order valence-electron chi connectivity index (χ1n) is 5.27. The number of nitrogens with zero attached hydrogens (tertiary/aromatic N) is 1. The van der Waals surface area contributed by atoms with Gasteiger partial charge >= 0.3 is 0 Å². The molecule has 2 aromatic rings. The second-order valence-electron chi connectivity index (χ2n) is 3.60. The van der Waals surface area contributed by atoms with E-state index in [2.05, 4.69) is 10.3 Å². The Morgan fingerprint density at radius 2 is 2.24 bits per heavy atom. The molecule has 1 atom stereocenters. The van der Waals surface area contributed by atoms with Crippen LogP contribution in [0.4, 0.5) is 5.69 Å². The first-order valence-corrected chi connectivity index (χ1v) is 5.80. The van der Waals surface area contributed by atoms with E-state index in [0.717, 1.165) is 11.3 Å². The lowest BCUT2D eigenvalue weighted by Crippen LogP contribution is -2.20. The van der Waals surface area contributed by atoms with Crippen molar-refractivity contribution in [2.75, 3.05) is 17.7 Å². The van der Waals surface area contributed by atoms with E-state index in [9.17, 15) is 5.11 Å². The third-order valence-electron chi connectivity index (χ3n) is 2.33. The van der Waals surface area contributed by atoms with Crippen molar-refractivity contribution in [1.29, 1.82) is 0 Å². The van der Waals surface area contributed by atoms with E-state index in [0.29, 0.717) is 12.3 Å². The molecule has 0 amide bonds. The molecule has 1 aromatic heterocycles. The van der Waals surface area contributed by atoms with Crippen LogP contribution < -0.4 is 5.32 Å². The molecule has 0 aliphatic heterocycles. The van der Waals surface area contributed by atoms with Gasteiger partial charge in [0, 0.05) is 17.8 Å². The molecule has 0 bridgehead atoms. The molecule has 1 heterocycles. The molecule has 17 heavy (non-hydrogen) atoms. The summed E-state index contributed by atoms with van der Waals surface area (Å²) in [5.41, 5.74) is 1.79. The number of aliphatic hydroxyl groups is 1. The highest BCUT2D eigenvalue weighted by Crippen LogP contribution is 2.27. The number of oxazole rings is 1. The van der Waals surface area contributed by atoms with Gasteiger partial charge in [0.25, 0.3) is 0 Å². The summed E-state index contributed by atoms with van der Waals surface area (Å²) < 4.78 is 5.25. The molecule has 90 valence electrons. The zero-order chi connectivity index (χ0) is 12.1. The van der Waals surface area contributed by atoms with Gasteiger partial charge in [-0.05, 0) is 12.1 Å². The monoisotopic (exact) mass is 252 g/mol. The third kappa shape index (κ3) is 2.99. The molecule has 0 fully saturated rings. The number of hydrogen-bond acceptors (Lipinski definition) is 4. The highest BCUT2D eigenvalue weighted by molar-refractivity contribution is 6.18. The second kappa shape index (κ2) is 5.70. The molecule has 0 saturated carbocycles. The SMILES string of the molecule is OC(CCl)CNc1ccccc1-c1cnco1. The topological polar surface area (TPSA) is 58.3 Å². The van der Waals surface area contributed by atoms with Crippen LogP contribution in [0, 0.1) is 0 Å². The van der Waals surface area contributed by atoms with E-state index in [4.69, 9.17) is 16.0 Å². The number of halogens is 1. The van der Waals surface area contributed by atoms with Crippen LogP contribution in [0.2, 0.25) is 0 Å². The summed E-state index contributed by atoms with van der Waals surface area (Å²) >= 11 is 5.54. The van der Waals surface area contributed by atoms with Gasteiger partial charge in [-0.3, -0.25) is 0 Å². The zero-order valence-electron chi connectivity index (χ0n) is 9.14. The number of aromatic nitrogens is 1. The minimum Gasteiger partial charge on any atom is -0.443 e. The van der Waals surface area contributed by atoms with Gasteiger partial charge in [0.05, 0.1) is 18.2 Å². The van der Waals surface area contributed by atoms with Crippen LogP contribution in [0.1, 0.15) is 0 Å². The quantitative estimate of drug-likeness (QED) is 0.802. The number of benzene rings is 1. The largest absolute Gasteiger partial charge is 0.443 e. The number of alkyl halides is 1. The van der Waals surface area contributed by atoms with Crippen LogP contribution in [0.15, 0.2) is 41.3 Å². The van der Waals surface area contributed by atoms with Gasteiger partial charge in [-0.25, -0.2) is 4.98 Å². The molecule has 0 saturated heterocycles. The van der Waals surface area contributed by atoms with Crippen LogP contribution in [0.3, 0.4) is 0 Å². The maximum Gasteiger partial charge on any atom is 0.181 e. The fourth-order valence-electron chi connectivity index (χ4n) is 1.48. The highest BCUT2D eigenvalue weighted by atomic mass is 35.5. The second-order valence-corrected chi connectivity index (χ2v) is 3.91. The van der Waals surface area contributed by atoms with E-state index in [1.54, 1.807) is 6.20 Å². The fourth-order valence-corrected chi connectivity index (χ4v) is 1.59. The van der Waals surface area contributed by atoms with Gasteiger partial charge in [-0.15, -0.1) is 11.6 Å². The van der Waals surface area contributed by atoms with Crippen molar-refractivity contribution < 1.29 is 9.52 Å². The molecule has 0 spiro atoms. The standard InChI is InChI=1S/C12H13ClN2O2/c13-5-9(16)6-15-11-4-2-1-3-10(11)12-7-14-8-17-12/h1-4,7-9,15-16H,5-6H2. The van der Waals surface area contributed by atoms with Crippen LogP contribution in [0.25, 0.3) is 11.3 Å². The fraction of sp³-hybridized carbons (Fsp3) is 0.250.